The Kier molecular flexibility index (Phi) is 4.16. The summed E-state index contributed by atoms with van der Waals surface area (Å²) in [7, 11) is 0. The lowest BCUT2D eigenvalue weighted by molar-refractivity contribution is 0.138. The van der Waals surface area contributed by atoms with Gasteiger partial charge in [0.25, 0.3) is 0 Å². The monoisotopic (exact) mass is 330 g/mol. The van der Waals surface area contributed by atoms with Crippen molar-refractivity contribution in [2.45, 2.75) is 25.9 Å². The molecule has 1 saturated heterocycles. The second kappa shape index (κ2) is 6.59. The third kappa shape index (κ3) is 3.48. The Bertz CT molecular complexity index is 723. The minimum absolute atomic E-state index is 0.588. The molecule has 8 heteroatoms. The number of hydrogen-bond donors (Lipinski definition) is 0. The average Bonchev–Trinajstić information content (AvgIpc) is 3.30. The molecular weight excluding hydrogens is 312 g/mol. The smallest absolute Gasteiger partial charge is 0.241 e. The maximum absolute atomic E-state index is 5.41. The number of aromatic nitrogens is 5. The highest BCUT2D eigenvalue weighted by Crippen LogP contribution is 2.22. The second-order valence-corrected chi connectivity index (χ2v) is 6.66. The van der Waals surface area contributed by atoms with Gasteiger partial charge >= 0.3 is 0 Å². The van der Waals surface area contributed by atoms with E-state index in [-0.39, 0.29) is 0 Å². The Morgan fingerprint density at radius 1 is 1.39 bits per heavy atom. The van der Waals surface area contributed by atoms with Gasteiger partial charge in [-0.25, -0.2) is 4.98 Å². The number of thiophene rings is 1. The fourth-order valence-electron chi connectivity index (χ4n) is 3.05. The molecule has 120 valence electrons. The summed E-state index contributed by atoms with van der Waals surface area (Å²) >= 11 is 1.64. The van der Waals surface area contributed by atoms with Crippen molar-refractivity contribution >= 4 is 11.3 Å². The van der Waals surface area contributed by atoms with Crippen LogP contribution in [0.3, 0.4) is 0 Å². The standard InChI is InChI=1S/C15H18N6OS/c1-2-12(7-21-11-16-10-17-21)6-20(4-1)8-14-18-15(19-22-14)13-3-5-23-9-13/h3,5,9-12H,1-2,4,6-8H2/t12-/m1/s1. The van der Waals surface area contributed by atoms with Gasteiger partial charge in [0.15, 0.2) is 0 Å². The van der Waals surface area contributed by atoms with Crippen LogP contribution < -0.4 is 0 Å². The molecule has 0 spiro atoms. The van der Waals surface area contributed by atoms with Gasteiger partial charge in [0.1, 0.15) is 12.7 Å². The van der Waals surface area contributed by atoms with Gasteiger partial charge < -0.3 is 4.52 Å². The Morgan fingerprint density at radius 3 is 3.22 bits per heavy atom. The lowest BCUT2D eigenvalue weighted by Crippen LogP contribution is -2.36. The highest BCUT2D eigenvalue weighted by molar-refractivity contribution is 7.08. The molecule has 7 nitrogen and oxygen atoms in total. The van der Waals surface area contributed by atoms with Gasteiger partial charge in [-0.2, -0.15) is 21.4 Å². The Hall–Kier alpha value is -2.06. The van der Waals surface area contributed by atoms with Gasteiger partial charge in [0.2, 0.25) is 11.7 Å². The van der Waals surface area contributed by atoms with Gasteiger partial charge in [0.05, 0.1) is 6.54 Å². The van der Waals surface area contributed by atoms with E-state index < -0.39 is 0 Å². The van der Waals surface area contributed by atoms with Gasteiger partial charge in [-0.15, -0.1) is 0 Å². The lowest BCUT2D eigenvalue weighted by Gasteiger charge is -2.31. The summed E-state index contributed by atoms with van der Waals surface area (Å²) in [4.78, 5) is 10.9. The van der Waals surface area contributed by atoms with Crippen molar-refractivity contribution in [2.24, 2.45) is 5.92 Å². The molecule has 0 aromatic carbocycles. The number of likely N-dealkylation sites (tertiary alicyclic amines) is 1. The fraction of sp³-hybridized carbons (Fsp3) is 0.467. The number of hydrogen-bond acceptors (Lipinski definition) is 7. The fourth-order valence-corrected chi connectivity index (χ4v) is 3.69. The molecular formula is C15H18N6OS. The first-order chi connectivity index (χ1) is 11.4. The number of rotatable bonds is 5. The van der Waals surface area contributed by atoms with Crippen LogP contribution in [0.5, 0.6) is 0 Å². The molecule has 1 atom stereocenters. The first-order valence-corrected chi connectivity index (χ1v) is 8.71. The maximum atomic E-state index is 5.41. The molecule has 3 aromatic rings. The van der Waals surface area contributed by atoms with Crippen LogP contribution >= 0.6 is 11.3 Å². The van der Waals surface area contributed by atoms with Crippen molar-refractivity contribution in [3.63, 3.8) is 0 Å². The SMILES string of the molecule is c1ncn(C[C@@H]2CCCN(Cc3nc(-c4ccsc4)no3)C2)n1. The Labute approximate surface area is 138 Å². The van der Waals surface area contributed by atoms with Crippen LogP contribution in [-0.2, 0) is 13.1 Å². The largest absolute Gasteiger partial charge is 0.338 e. The molecule has 0 saturated carbocycles. The molecule has 0 bridgehead atoms. The summed E-state index contributed by atoms with van der Waals surface area (Å²) < 4.78 is 7.32. The van der Waals surface area contributed by atoms with Crippen LogP contribution in [-0.4, -0.2) is 42.9 Å². The number of piperidine rings is 1. The van der Waals surface area contributed by atoms with Crippen molar-refractivity contribution < 1.29 is 4.52 Å². The molecule has 0 unspecified atom stereocenters. The van der Waals surface area contributed by atoms with E-state index in [0.29, 0.717) is 24.2 Å². The van der Waals surface area contributed by atoms with E-state index in [0.717, 1.165) is 25.2 Å². The Morgan fingerprint density at radius 2 is 2.39 bits per heavy atom. The quantitative estimate of drug-likeness (QED) is 0.715. The van der Waals surface area contributed by atoms with Crippen LogP contribution in [0.1, 0.15) is 18.7 Å². The van der Waals surface area contributed by atoms with E-state index in [9.17, 15) is 0 Å². The predicted molar refractivity (Wildman–Crippen MR) is 85.6 cm³/mol. The third-order valence-corrected chi connectivity index (χ3v) is 4.80. The van der Waals surface area contributed by atoms with Gasteiger partial charge in [0, 0.05) is 24.0 Å². The second-order valence-electron chi connectivity index (χ2n) is 5.88. The summed E-state index contributed by atoms with van der Waals surface area (Å²) in [6.45, 7) is 3.73. The van der Waals surface area contributed by atoms with Crippen LogP contribution in [0.4, 0.5) is 0 Å². The normalized spacial score (nSPS) is 19.2. The van der Waals surface area contributed by atoms with E-state index in [2.05, 4.69) is 25.1 Å². The van der Waals surface area contributed by atoms with E-state index in [4.69, 9.17) is 4.52 Å². The van der Waals surface area contributed by atoms with Crippen LogP contribution in [0.15, 0.2) is 34.0 Å². The zero-order valence-corrected chi connectivity index (χ0v) is 13.5. The minimum atomic E-state index is 0.588. The summed E-state index contributed by atoms with van der Waals surface area (Å²) in [5.41, 5.74) is 1.02. The highest BCUT2D eigenvalue weighted by atomic mass is 32.1. The van der Waals surface area contributed by atoms with E-state index >= 15 is 0 Å². The van der Waals surface area contributed by atoms with Gasteiger partial charge in [-0.05, 0) is 36.8 Å². The topological polar surface area (TPSA) is 72.9 Å². The van der Waals surface area contributed by atoms with Crippen molar-refractivity contribution in [2.75, 3.05) is 13.1 Å². The lowest BCUT2D eigenvalue weighted by atomic mass is 9.98. The Balaban J connectivity index is 1.37. The summed E-state index contributed by atoms with van der Waals surface area (Å²) in [6.07, 6.45) is 5.78. The number of nitrogens with zero attached hydrogens (tertiary/aromatic N) is 6. The zero-order valence-electron chi connectivity index (χ0n) is 12.7. The molecule has 0 N–H and O–H groups in total. The molecule has 1 aliphatic rings. The minimum Gasteiger partial charge on any atom is -0.338 e. The van der Waals surface area contributed by atoms with Crippen molar-refractivity contribution in [1.29, 1.82) is 0 Å². The molecule has 23 heavy (non-hydrogen) atoms. The van der Waals surface area contributed by atoms with Crippen LogP contribution in [0, 0.1) is 5.92 Å². The van der Waals surface area contributed by atoms with Crippen LogP contribution in [0.2, 0.25) is 0 Å². The molecule has 4 heterocycles. The van der Waals surface area contributed by atoms with Crippen molar-refractivity contribution in [1.82, 2.24) is 29.8 Å². The molecule has 3 aromatic heterocycles. The molecule has 1 fully saturated rings. The van der Waals surface area contributed by atoms with Crippen molar-refractivity contribution in [3.8, 4) is 11.4 Å². The summed E-state index contributed by atoms with van der Waals surface area (Å²) in [5, 5.41) is 12.3. The molecule has 4 rings (SSSR count). The first-order valence-electron chi connectivity index (χ1n) is 7.77. The molecule has 0 amide bonds. The van der Waals surface area contributed by atoms with E-state index in [1.807, 2.05) is 21.5 Å². The van der Waals surface area contributed by atoms with E-state index in [1.54, 1.807) is 24.0 Å². The van der Waals surface area contributed by atoms with E-state index in [1.165, 1.54) is 12.8 Å². The average molecular weight is 330 g/mol. The predicted octanol–water partition coefficient (Wildman–Crippen LogP) is 2.30. The zero-order chi connectivity index (χ0) is 15.5. The summed E-state index contributed by atoms with van der Waals surface area (Å²) in [6, 6.07) is 2.01. The van der Waals surface area contributed by atoms with Crippen LogP contribution in [0.25, 0.3) is 11.4 Å². The highest BCUT2D eigenvalue weighted by Gasteiger charge is 2.22. The van der Waals surface area contributed by atoms with Gasteiger partial charge in [-0.1, -0.05) is 5.16 Å². The van der Waals surface area contributed by atoms with Crippen molar-refractivity contribution in [3.05, 3.63) is 35.4 Å². The van der Waals surface area contributed by atoms with Gasteiger partial charge in [-0.3, -0.25) is 9.58 Å². The molecule has 1 aliphatic heterocycles. The summed E-state index contributed by atoms with van der Waals surface area (Å²) in [5.74, 6) is 1.95. The molecule has 0 radical (unpaired) electrons. The third-order valence-electron chi connectivity index (χ3n) is 4.12. The molecule has 0 aliphatic carbocycles. The maximum Gasteiger partial charge on any atom is 0.241 e. The first kappa shape index (κ1) is 14.5.